The minimum Gasteiger partial charge on any atom is -0.326 e. The molecular formula is C18H19FN2O3. The van der Waals surface area contributed by atoms with Crippen LogP contribution >= 0.6 is 0 Å². The number of nitrogens with one attached hydrogen (secondary N) is 1. The zero-order valence-electron chi connectivity index (χ0n) is 13.2. The zero-order valence-corrected chi connectivity index (χ0v) is 13.2. The van der Waals surface area contributed by atoms with E-state index in [0.29, 0.717) is 24.9 Å². The molecule has 0 spiro atoms. The fourth-order valence-corrected chi connectivity index (χ4v) is 3.24. The molecule has 6 heteroatoms. The first-order chi connectivity index (χ1) is 11.6. The lowest BCUT2D eigenvalue weighted by atomic mass is 9.85. The number of rotatable bonds is 5. The molecule has 1 aromatic rings. The van der Waals surface area contributed by atoms with Crippen molar-refractivity contribution in [2.75, 3.05) is 11.9 Å². The van der Waals surface area contributed by atoms with Crippen LogP contribution in [0.3, 0.4) is 0 Å². The summed E-state index contributed by atoms with van der Waals surface area (Å²) in [6, 6.07) is 5.51. The molecule has 1 saturated heterocycles. The first-order valence-corrected chi connectivity index (χ1v) is 8.12. The molecule has 3 amide bonds. The Morgan fingerprint density at radius 2 is 1.67 bits per heavy atom. The smallest absolute Gasteiger partial charge is 0.233 e. The van der Waals surface area contributed by atoms with E-state index in [0.717, 1.165) is 0 Å². The minimum absolute atomic E-state index is 0.117. The summed E-state index contributed by atoms with van der Waals surface area (Å²) in [4.78, 5) is 37.7. The average molecular weight is 330 g/mol. The molecule has 1 N–H and O–H groups in total. The van der Waals surface area contributed by atoms with Gasteiger partial charge < -0.3 is 5.32 Å². The molecule has 126 valence electrons. The monoisotopic (exact) mass is 330 g/mol. The van der Waals surface area contributed by atoms with E-state index in [9.17, 15) is 18.8 Å². The summed E-state index contributed by atoms with van der Waals surface area (Å²) < 4.78 is 12.8. The maximum absolute atomic E-state index is 12.8. The van der Waals surface area contributed by atoms with Crippen molar-refractivity contribution in [2.45, 2.75) is 25.7 Å². The molecule has 3 rings (SSSR count). The van der Waals surface area contributed by atoms with Gasteiger partial charge in [0.15, 0.2) is 0 Å². The van der Waals surface area contributed by atoms with Gasteiger partial charge in [-0.25, -0.2) is 4.39 Å². The van der Waals surface area contributed by atoms with Crippen molar-refractivity contribution in [3.05, 3.63) is 42.2 Å². The second kappa shape index (κ2) is 6.95. The van der Waals surface area contributed by atoms with Crippen molar-refractivity contribution >= 4 is 23.4 Å². The van der Waals surface area contributed by atoms with Gasteiger partial charge in [0.1, 0.15) is 5.82 Å². The molecule has 0 unspecified atom stereocenters. The van der Waals surface area contributed by atoms with Crippen LogP contribution in [-0.4, -0.2) is 29.2 Å². The number of hydrogen-bond acceptors (Lipinski definition) is 3. The zero-order chi connectivity index (χ0) is 17.1. The van der Waals surface area contributed by atoms with Crippen molar-refractivity contribution in [1.82, 2.24) is 4.90 Å². The van der Waals surface area contributed by atoms with E-state index in [2.05, 4.69) is 5.32 Å². The van der Waals surface area contributed by atoms with Crippen LogP contribution in [0.15, 0.2) is 36.4 Å². The van der Waals surface area contributed by atoms with Crippen LogP contribution in [0.1, 0.15) is 25.7 Å². The normalized spacial score (nSPS) is 22.6. The summed E-state index contributed by atoms with van der Waals surface area (Å²) in [7, 11) is 0. The fraction of sp³-hybridized carbons (Fsp3) is 0.389. The van der Waals surface area contributed by atoms with E-state index >= 15 is 0 Å². The highest BCUT2D eigenvalue weighted by Gasteiger charge is 2.46. The predicted molar refractivity (Wildman–Crippen MR) is 86.3 cm³/mol. The lowest BCUT2D eigenvalue weighted by Gasteiger charge is -2.14. The highest BCUT2D eigenvalue weighted by atomic mass is 19.1. The summed E-state index contributed by atoms with van der Waals surface area (Å²) in [5.74, 6) is -1.28. The first-order valence-electron chi connectivity index (χ1n) is 8.12. The van der Waals surface area contributed by atoms with Crippen LogP contribution in [0.2, 0.25) is 0 Å². The lowest BCUT2D eigenvalue weighted by Crippen LogP contribution is -2.32. The summed E-state index contributed by atoms with van der Waals surface area (Å²) >= 11 is 0. The molecule has 0 bridgehead atoms. The standard InChI is InChI=1S/C18H19FN2O3/c19-12-7-9-13(10-8-12)20-16(22)6-3-11-21-17(23)14-4-1-2-5-15(14)18(21)24/h1-2,7-10,14-15H,3-6,11H2,(H,20,22)/t14-,15-/m1/s1. The minimum atomic E-state index is -0.366. The van der Waals surface area contributed by atoms with Crippen molar-refractivity contribution in [3.63, 3.8) is 0 Å². The average Bonchev–Trinajstić information content (AvgIpc) is 2.82. The van der Waals surface area contributed by atoms with Crippen molar-refractivity contribution in [1.29, 1.82) is 0 Å². The lowest BCUT2D eigenvalue weighted by molar-refractivity contribution is -0.140. The van der Waals surface area contributed by atoms with Gasteiger partial charge in [0.2, 0.25) is 17.7 Å². The third kappa shape index (κ3) is 3.37. The van der Waals surface area contributed by atoms with E-state index in [4.69, 9.17) is 0 Å². The first kappa shape index (κ1) is 16.4. The largest absolute Gasteiger partial charge is 0.326 e. The fourth-order valence-electron chi connectivity index (χ4n) is 3.24. The number of fused-ring (bicyclic) bond motifs is 1. The number of nitrogens with zero attached hydrogens (tertiary/aromatic N) is 1. The Bertz CT molecular complexity index is 658. The molecule has 24 heavy (non-hydrogen) atoms. The number of imide groups is 1. The second-order valence-corrected chi connectivity index (χ2v) is 6.14. The molecule has 2 aliphatic rings. The highest BCUT2D eigenvalue weighted by Crippen LogP contribution is 2.35. The van der Waals surface area contributed by atoms with E-state index in [1.54, 1.807) is 0 Å². The number of hydrogen-bond donors (Lipinski definition) is 1. The van der Waals surface area contributed by atoms with E-state index in [1.807, 2.05) is 12.2 Å². The van der Waals surface area contributed by atoms with Crippen LogP contribution in [0.4, 0.5) is 10.1 Å². The Morgan fingerprint density at radius 1 is 1.08 bits per heavy atom. The maximum Gasteiger partial charge on any atom is 0.233 e. The van der Waals surface area contributed by atoms with Crippen LogP contribution in [0.5, 0.6) is 0 Å². The number of amides is 3. The Morgan fingerprint density at radius 3 is 2.25 bits per heavy atom. The van der Waals surface area contributed by atoms with Gasteiger partial charge >= 0.3 is 0 Å². The van der Waals surface area contributed by atoms with Gasteiger partial charge in [0, 0.05) is 18.7 Å². The predicted octanol–water partition coefficient (Wildman–Crippen LogP) is 2.50. The molecule has 1 aromatic carbocycles. The van der Waals surface area contributed by atoms with Crippen LogP contribution < -0.4 is 5.32 Å². The van der Waals surface area contributed by atoms with Gasteiger partial charge in [0.05, 0.1) is 11.8 Å². The van der Waals surface area contributed by atoms with Crippen molar-refractivity contribution in [3.8, 4) is 0 Å². The molecular weight excluding hydrogens is 311 g/mol. The van der Waals surface area contributed by atoms with Gasteiger partial charge in [-0.3, -0.25) is 19.3 Å². The van der Waals surface area contributed by atoms with Crippen molar-refractivity contribution < 1.29 is 18.8 Å². The Balaban J connectivity index is 1.48. The summed E-state index contributed by atoms with van der Waals surface area (Å²) in [5.41, 5.74) is 0.520. The third-order valence-electron chi connectivity index (χ3n) is 4.51. The Hall–Kier alpha value is -2.50. The van der Waals surface area contributed by atoms with Crippen LogP contribution in [0.25, 0.3) is 0 Å². The molecule has 1 fully saturated rings. The number of carbonyl (C=O) groups excluding carboxylic acids is 3. The van der Waals surface area contributed by atoms with Crippen molar-refractivity contribution in [2.24, 2.45) is 11.8 Å². The molecule has 0 saturated carbocycles. The maximum atomic E-state index is 12.8. The van der Waals surface area contributed by atoms with Crippen LogP contribution in [0, 0.1) is 17.7 Å². The number of likely N-dealkylation sites (tertiary alicyclic amines) is 1. The summed E-state index contributed by atoms with van der Waals surface area (Å²) in [6.45, 7) is 0.265. The van der Waals surface area contributed by atoms with E-state index in [1.165, 1.54) is 29.2 Å². The quantitative estimate of drug-likeness (QED) is 0.666. The molecule has 0 radical (unpaired) electrons. The molecule has 1 aliphatic heterocycles. The number of carbonyl (C=O) groups is 3. The molecule has 2 atom stereocenters. The molecule has 1 aliphatic carbocycles. The van der Waals surface area contributed by atoms with E-state index < -0.39 is 0 Å². The third-order valence-corrected chi connectivity index (χ3v) is 4.51. The van der Waals surface area contributed by atoms with Gasteiger partial charge in [-0.05, 0) is 43.5 Å². The number of allylic oxidation sites excluding steroid dienone is 2. The van der Waals surface area contributed by atoms with E-state index in [-0.39, 0.29) is 48.3 Å². The van der Waals surface area contributed by atoms with Gasteiger partial charge in [-0.15, -0.1) is 0 Å². The van der Waals surface area contributed by atoms with Gasteiger partial charge in [-0.2, -0.15) is 0 Å². The summed E-state index contributed by atoms with van der Waals surface area (Å²) in [5, 5.41) is 2.66. The number of halogens is 1. The second-order valence-electron chi connectivity index (χ2n) is 6.14. The van der Waals surface area contributed by atoms with Crippen LogP contribution in [-0.2, 0) is 14.4 Å². The van der Waals surface area contributed by atoms with Gasteiger partial charge in [0.25, 0.3) is 0 Å². The molecule has 0 aromatic heterocycles. The van der Waals surface area contributed by atoms with Gasteiger partial charge in [-0.1, -0.05) is 12.2 Å². The molecule has 5 nitrogen and oxygen atoms in total. The highest BCUT2D eigenvalue weighted by molar-refractivity contribution is 6.05. The number of benzene rings is 1. The Kier molecular flexibility index (Phi) is 4.74. The topological polar surface area (TPSA) is 66.5 Å². The Labute approximate surface area is 139 Å². The molecule has 1 heterocycles. The number of anilines is 1. The summed E-state index contributed by atoms with van der Waals surface area (Å²) in [6.07, 6.45) is 5.75. The SMILES string of the molecule is O=C(CCCN1C(=O)[C@@H]2CC=CC[C@H]2C1=O)Nc1ccc(F)cc1.